The number of carbonyl (C=O) groups is 3. The van der Waals surface area contributed by atoms with Gasteiger partial charge in [-0.3, -0.25) is 19.4 Å². The number of urea groups is 1. The second-order valence-electron chi connectivity index (χ2n) is 4.56. The van der Waals surface area contributed by atoms with E-state index in [1.807, 2.05) is 6.92 Å². The smallest absolute Gasteiger partial charge is 0.290 e. The summed E-state index contributed by atoms with van der Waals surface area (Å²) in [7, 11) is 0. The fraction of sp³-hybridized carbons (Fsp3) is 0.615. The summed E-state index contributed by atoms with van der Waals surface area (Å²) in [5, 5.41) is 0. The van der Waals surface area contributed by atoms with Crippen LogP contribution in [0.3, 0.4) is 0 Å². The van der Waals surface area contributed by atoms with E-state index in [9.17, 15) is 14.4 Å². The third-order valence-corrected chi connectivity index (χ3v) is 3.56. The van der Waals surface area contributed by atoms with Crippen molar-refractivity contribution in [3.8, 4) is 0 Å². The third kappa shape index (κ3) is 1.83. The standard InChI is InChI=1S/C13H18N2O3/c1-3-14-10(9-7-5-6-8-9)11(16)12(17)15(4-2)13(14)18/h3-8H2,1-2H3. The first-order valence-electron chi connectivity index (χ1n) is 6.51. The molecule has 1 heterocycles. The summed E-state index contributed by atoms with van der Waals surface area (Å²) in [6.45, 7) is 4.19. The number of ketones is 1. The summed E-state index contributed by atoms with van der Waals surface area (Å²) >= 11 is 0. The minimum Gasteiger partial charge on any atom is -0.290 e. The van der Waals surface area contributed by atoms with E-state index in [1.165, 1.54) is 4.90 Å². The zero-order chi connectivity index (χ0) is 13.3. The molecule has 2 aliphatic rings. The van der Waals surface area contributed by atoms with Crippen molar-refractivity contribution in [1.29, 1.82) is 0 Å². The van der Waals surface area contributed by atoms with Crippen LogP contribution in [0.2, 0.25) is 0 Å². The molecule has 1 aliphatic heterocycles. The van der Waals surface area contributed by atoms with Crippen LogP contribution in [0.4, 0.5) is 4.79 Å². The first kappa shape index (κ1) is 12.8. The van der Waals surface area contributed by atoms with Gasteiger partial charge < -0.3 is 0 Å². The number of amides is 3. The molecule has 0 aromatic carbocycles. The van der Waals surface area contributed by atoms with E-state index in [4.69, 9.17) is 0 Å². The van der Waals surface area contributed by atoms with Gasteiger partial charge in [-0.1, -0.05) is 0 Å². The van der Waals surface area contributed by atoms with Crippen molar-refractivity contribution < 1.29 is 14.4 Å². The van der Waals surface area contributed by atoms with Crippen molar-refractivity contribution in [2.75, 3.05) is 13.1 Å². The second-order valence-corrected chi connectivity index (χ2v) is 4.56. The number of nitrogens with zero attached hydrogens (tertiary/aromatic N) is 2. The number of hydrogen-bond donors (Lipinski definition) is 0. The summed E-state index contributed by atoms with van der Waals surface area (Å²) < 4.78 is 0. The quantitative estimate of drug-likeness (QED) is 0.553. The van der Waals surface area contributed by atoms with Crippen molar-refractivity contribution in [3.63, 3.8) is 0 Å². The molecule has 0 N–H and O–H groups in total. The maximum Gasteiger partial charge on any atom is 0.331 e. The molecule has 5 heteroatoms. The molecule has 0 radical (unpaired) electrons. The lowest BCUT2D eigenvalue weighted by molar-refractivity contribution is -0.143. The van der Waals surface area contributed by atoms with Gasteiger partial charge in [-0.25, -0.2) is 4.79 Å². The molecular weight excluding hydrogens is 232 g/mol. The Labute approximate surface area is 106 Å². The van der Waals surface area contributed by atoms with Gasteiger partial charge in [0, 0.05) is 13.1 Å². The molecule has 2 fully saturated rings. The van der Waals surface area contributed by atoms with Crippen LogP contribution in [0.5, 0.6) is 0 Å². The largest absolute Gasteiger partial charge is 0.331 e. The molecule has 5 nitrogen and oxygen atoms in total. The molecule has 18 heavy (non-hydrogen) atoms. The molecule has 0 bridgehead atoms. The highest BCUT2D eigenvalue weighted by molar-refractivity contribution is 6.46. The molecule has 1 saturated heterocycles. The number of allylic oxidation sites excluding steroid dienone is 1. The molecule has 1 saturated carbocycles. The number of imide groups is 1. The summed E-state index contributed by atoms with van der Waals surface area (Å²) in [6, 6.07) is -0.362. The predicted molar refractivity (Wildman–Crippen MR) is 65.7 cm³/mol. The average molecular weight is 250 g/mol. The normalized spacial score (nSPS) is 21.3. The van der Waals surface area contributed by atoms with Crippen LogP contribution in [0.25, 0.3) is 0 Å². The van der Waals surface area contributed by atoms with E-state index in [2.05, 4.69) is 0 Å². The van der Waals surface area contributed by atoms with E-state index in [0.717, 1.165) is 36.2 Å². The van der Waals surface area contributed by atoms with Gasteiger partial charge in [0.15, 0.2) is 0 Å². The Kier molecular flexibility index (Phi) is 3.50. The summed E-state index contributed by atoms with van der Waals surface area (Å²) in [5.74, 6) is -1.20. The van der Waals surface area contributed by atoms with E-state index >= 15 is 0 Å². The second kappa shape index (κ2) is 4.92. The van der Waals surface area contributed by atoms with Gasteiger partial charge in [0.05, 0.1) is 5.70 Å². The van der Waals surface area contributed by atoms with Gasteiger partial charge in [-0.2, -0.15) is 0 Å². The van der Waals surface area contributed by atoms with Crippen molar-refractivity contribution in [3.05, 3.63) is 11.3 Å². The monoisotopic (exact) mass is 250 g/mol. The number of hydrogen-bond acceptors (Lipinski definition) is 3. The fourth-order valence-electron chi connectivity index (χ4n) is 2.64. The molecule has 0 unspecified atom stereocenters. The van der Waals surface area contributed by atoms with Crippen LogP contribution in [0.1, 0.15) is 39.5 Å². The van der Waals surface area contributed by atoms with Gasteiger partial charge in [0.2, 0.25) is 0 Å². The van der Waals surface area contributed by atoms with Gasteiger partial charge in [0.25, 0.3) is 5.78 Å². The van der Waals surface area contributed by atoms with Crippen LogP contribution in [0.15, 0.2) is 11.3 Å². The van der Waals surface area contributed by atoms with Crippen molar-refractivity contribution in [1.82, 2.24) is 9.80 Å². The highest BCUT2D eigenvalue weighted by Gasteiger charge is 2.42. The SMILES string of the molecule is CCN1C(=O)C(=O)C(=C2CCCC2)N(CC)C1=O. The van der Waals surface area contributed by atoms with Gasteiger partial charge >= 0.3 is 11.9 Å². The first-order valence-corrected chi connectivity index (χ1v) is 6.51. The van der Waals surface area contributed by atoms with Crippen molar-refractivity contribution >= 4 is 17.7 Å². The summed E-state index contributed by atoms with van der Waals surface area (Å²) in [6.07, 6.45) is 3.71. The zero-order valence-electron chi connectivity index (χ0n) is 10.9. The summed E-state index contributed by atoms with van der Waals surface area (Å²) in [5.41, 5.74) is 1.33. The Hall–Kier alpha value is -1.65. The third-order valence-electron chi connectivity index (χ3n) is 3.56. The molecule has 3 amide bonds. The number of carbonyl (C=O) groups excluding carboxylic acids is 3. The lowest BCUT2D eigenvalue weighted by Gasteiger charge is -2.34. The van der Waals surface area contributed by atoms with Crippen LogP contribution < -0.4 is 0 Å². The highest BCUT2D eigenvalue weighted by Crippen LogP contribution is 2.31. The van der Waals surface area contributed by atoms with Crippen LogP contribution >= 0.6 is 0 Å². The van der Waals surface area contributed by atoms with Gasteiger partial charge in [-0.15, -0.1) is 0 Å². The van der Waals surface area contributed by atoms with Crippen molar-refractivity contribution in [2.24, 2.45) is 0 Å². The maximum atomic E-state index is 12.2. The molecule has 1 aliphatic carbocycles. The highest BCUT2D eigenvalue weighted by atomic mass is 16.2. The topological polar surface area (TPSA) is 57.7 Å². The van der Waals surface area contributed by atoms with E-state index in [0.29, 0.717) is 12.2 Å². The maximum absolute atomic E-state index is 12.2. The van der Waals surface area contributed by atoms with Crippen LogP contribution in [-0.4, -0.2) is 40.6 Å². The molecule has 0 aromatic rings. The van der Waals surface area contributed by atoms with E-state index < -0.39 is 11.7 Å². The first-order chi connectivity index (χ1) is 8.61. The van der Waals surface area contributed by atoms with Crippen molar-refractivity contribution in [2.45, 2.75) is 39.5 Å². The molecule has 0 aromatic heterocycles. The Morgan fingerprint density at radius 2 is 1.50 bits per heavy atom. The fourth-order valence-corrected chi connectivity index (χ4v) is 2.64. The molecular formula is C13H18N2O3. The van der Waals surface area contributed by atoms with Crippen LogP contribution in [-0.2, 0) is 9.59 Å². The lowest BCUT2D eigenvalue weighted by Crippen LogP contribution is -2.55. The molecule has 0 atom stereocenters. The number of likely N-dealkylation sites (N-methyl/N-ethyl adjacent to an activating group) is 2. The minimum absolute atomic E-state index is 0.239. The zero-order valence-corrected chi connectivity index (χ0v) is 10.9. The average Bonchev–Trinajstić information content (AvgIpc) is 2.87. The molecule has 0 spiro atoms. The van der Waals surface area contributed by atoms with Crippen LogP contribution in [0, 0.1) is 0 Å². The lowest BCUT2D eigenvalue weighted by atomic mass is 10.0. The minimum atomic E-state index is -0.679. The molecule has 98 valence electrons. The number of Topliss-reactive ketones (excluding diaryl/α,β-unsaturated/α-hetero) is 1. The Morgan fingerprint density at radius 3 is 2.00 bits per heavy atom. The predicted octanol–water partition coefficient (Wildman–Crippen LogP) is 1.69. The van der Waals surface area contributed by atoms with E-state index in [-0.39, 0.29) is 12.6 Å². The summed E-state index contributed by atoms with van der Waals surface area (Å²) in [4.78, 5) is 38.7. The van der Waals surface area contributed by atoms with Gasteiger partial charge in [0.1, 0.15) is 0 Å². The van der Waals surface area contributed by atoms with Gasteiger partial charge in [-0.05, 0) is 45.1 Å². The Morgan fingerprint density at radius 1 is 0.944 bits per heavy atom. The van der Waals surface area contributed by atoms with E-state index in [1.54, 1.807) is 6.92 Å². The number of rotatable bonds is 2. The Balaban J connectivity index is 2.46. The Bertz CT molecular complexity index is 432. The molecule has 2 rings (SSSR count).